The van der Waals surface area contributed by atoms with Gasteiger partial charge in [-0.05, 0) is 36.6 Å². The first-order valence-corrected chi connectivity index (χ1v) is 7.45. The molecule has 116 valence electrons. The summed E-state index contributed by atoms with van der Waals surface area (Å²) < 4.78 is 5.35. The summed E-state index contributed by atoms with van der Waals surface area (Å²) in [6.07, 6.45) is 3.85. The number of methoxy groups -OCH3 is 1. The maximum atomic E-state index is 12.3. The van der Waals surface area contributed by atoms with Gasteiger partial charge in [-0.15, -0.1) is 0 Å². The zero-order valence-corrected chi connectivity index (χ0v) is 12.6. The molecule has 2 amide bonds. The number of urea groups is 1. The monoisotopic (exact) mass is 300 g/mol. The largest absolute Gasteiger partial charge is 0.380 e. The molecule has 6 nitrogen and oxygen atoms in total. The molecule has 2 N–H and O–H groups in total. The van der Waals surface area contributed by atoms with Gasteiger partial charge in [0.1, 0.15) is 0 Å². The number of H-pyrrole nitrogens is 1. The fourth-order valence-electron chi connectivity index (χ4n) is 2.67. The number of aromatic amines is 1. The lowest BCUT2D eigenvalue weighted by molar-refractivity contribution is 0.0458. The molecular weight excluding hydrogens is 280 g/mol. The van der Waals surface area contributed by atoms with Gasteiger partial charge in [-0.3, -0.25) is 5.10 Å². The van der Waals surface area contributed by atoms with Crippen LogP contribution in [-0.4, -0.2) is 47.4 Å². The Morgan fingerprint density at radius 1 is 1.36 bits per heavy atom. The Bertz CT molecular complexity index is 610. The van der Waals surface area contributed by atoms with E-state index in [0.29, 0.717) is 6.54 Å². The Kier molecular flexibility index (Phi) is 4.39. The number of nitrogens with one attached hydrogen (secondary N) is 2. The minimum Gasteiger partial charge on any atom is -0.380 e. The number of anilines is 1. The van der Waals surface area contributed by atoms with Gasteiger partial charge < -0.3 is 15.0 Å². The van der Waals surface area contributed by atoms with E-state index < -0.39 is 0 Å². The molecule has 6 heteroatoms. The third kappa shape index (κ3) is 3.28. The van der Waals surface area contributed by atoms with Gasteiger partial charge in [0, 0.05) is 32.1 Å². The van der Waals surface area contributed by atoms with Crippen LogP contribution in [0, 0.1) is 0 Å². The second kappa shape index (κ2) is 6.62. The van der Waals surface area contributed by atoms with E-state index in [2.05, 4.69) is 15.5 Å². The maximum Gasteiger partial charge on any atom is 0.321 e. The van der Waals surface area contributed by atoms with Crippen LogP contribution in [0.15, 0.2) is 36.5 Å². The summed E-state index contributed by atoms with van der Waals surface area (Å²) in [4.78, 5) is 14.1. The molecule has 22 heavy (non-hydrogen) atoms. The summed E-state index contributed by atoms with van der Waals surface area (Å²) in [6.45, 7) is 1.42. The Morgan fingerprint density at radius 3 is 2.86 bits per heavy atom. The van der Waals surface area contributed by atoms with Crippen molar-refractivity contribution in [3.8, 4) is 11.3 Å². The van der Waals surface area contributed by atoms with Crippen LogP contribution >= 0.6 is 0 Å². The number of hydrogen-bond acceptors (Lipinski definition) is 3. The molecule has 0 spiro atoms. The number of benzene rings is 1. The Labute approximate surface area is 129 Å². The number of rotatable bonds is 3. The molecule has 1 atom stereocenters. The summed E-state index contributed by atoms with van der Waals surface area (Å²) in [5.41, 5.74) is 2.78. The van der Waals surface area contributed by atoms with Crippen LogP contribution in [0.1, 0.15) is 12.8 Å². The molecule has 3 rings (SSSR count). The molecule has 1 fully saturated rings. The number of ether oxygens (including phenoxy) is 1. The summed E-state index contributed by atoms with van der Waals surface area (Å²) >= 11 is 0. The average Bonchev–Trinajstić information content (AvgIpc) is 3.10. The van der Waals surface area contributed by atoms with Gasteiger partial charge in [-0.25, -0.2) is 4.79 Å². The van der Waals surface area contributed by atoms with E-state index >= 15 is 0 Å². The van der Waals surface area contributed by atoms with Crippen molar-refractivity contribution < 1.29 is 9.53 Å². The van der Waals surface area contributed by atoms with Gasteiger partial charge in [-0.2, -0.15) is 5.10 Å². The van der Waals surface area contributed by atoms with E-state index in [1.807, 2.05) is 30.3 Å². The van der Waals surface area contributed by atoms with Crippen LogP contribution in [0.25, 0.3) is 11.3 Å². The lowest BCUT2D eigenvalue weighted by Gasteiger charge is -2.31. The van der Waals surface area contributed by atoms with Gasteiger partial charge in [-0.1, -0.05) is 12.1 Å². The SMILES string of the molecule is COC1CCCN(C(=O)Nc2ccc(-c3ccn[nH]3)cc2)C1. The first kappa shape index (κ1) is 14.6. The van der Waals surface area contributed by atoms with Gasteiger partial charge in [0.2, 0.25) is 0 Å². The fourth-order valence-corrected chi connectivity index (χ4v) is 2.67. The van der Waals surface area contributed by atoms with Crippen molar-refractivity contribution in [3.05, 3.63) is 36.5 Å². The molecule has 2 aromatic rings. The molecule has 1 aliphatic heterocycles. The molecule has 0 saturated carbocycles. The zero-order valence-electron chi connectivity index (χ0n) is 12.6. The Morgan fingerprint density at radius 2 is 2.18 bits per heavy atom. The van der Waals surface area contributed by atoms with E-state index in [9.17, 15) is 4.79 Å². The second-order valence-corrected chi connectivity index (χ2v) is 5.42. The van der Waals surface area contributed by atoms with Crippen molar-refractivity contribution in [1.29, 1.82) is 0 Å². The molecule has 1 aromatic carbocycles. The number of amides is 2. The quantitative estimate of drug-likeness (QED) is 0.915. The lowest BCUT2D eigenvalue weighted by Crippen LogP contribution is -2.44. The number of piperidine rings is 1. The number of carbonyl (C=O) groups is 1. The highest BCUT2D eigenvalue weighted by molar-refractivity contribution is 5.89. The molecule has 0 radical (unpaired) electrons. The Balaban J connectivity index is 1.62. The highest BCUT2D eigenvalue weighted by Gasteiger charge is 2.23. The third-order valence-corrected chi connectivity index (χ3v) is 3.95. The fraction of sp³-hybridized carbons (Fsp3) is 0.375. The van der Waals surface area contributed by atoms with Crippen LogP contribution in [0.5, 0.6) is 0 Å². The average molecular weight is 300 g/mol. The minimum atomic E-state index is -0.0731. The topological polar surface area (TPSA) is 70.2 Å². The van der Waals surface area contributed by atoms with E-state index in [1.165, 1.54) is 0 Å². The lowest BCUT2D eigenvalue weighted by atomic mass is 10.1. The Hall–Kier alpha value is -2.34. The molecule has 1 aromatic heterocycles. The highest BCUT2D eigenvalue weighted by atomic mass is 16.5. The van der Waals surface area contributed by atoms with Crippen molar-refractivity contribution in [2.24, 2.45) is 0 Å². The van der Waals surface area contributed by atoms with E-state index in [4.69, 9.17) is 4.74 Å². The van der Waals surface area contributed by atoms with Crippen molar-refractivity contribution in [2.45, 2.75) is 18.9 Å². The predicted molar refractivity (Wildman–Crippen MR) is 84.6 cm³/mol. The molecule has 2 heterocycles. The smallest absolute Gasteiger partial charge is 0.321 e. The maximum absolute atomic E-state index is 12.3. The van der Waals surface area contributed by atoms with Crippen LogP contribution in [-0.2, 0) is 4.74 Å². The normalized spacial score (nSPS) is 18.2. The first-order chi connectivity index (χ1) is 10.8. The number of aromatic nitrogens is 2. The summed E-state index contributed by atoms with van der Waals surface area (Å²) in [7, 11) is 1.69. The highest BCUT2D eigenvalue weighted by Crippen LogP contribution is 2.20. The van der Waals surface area contributed by atoms with Crippen molar-refractivity contribution >= 4 is 11.7 Å². The number of nitrogens with zero attached hydrogens (tertiary/aromatic N) is 2. The zero-order chi connectivity index (χ0) is 15.4. The molecule has 1 saturated heterocycles. The van der Waals surface area contributed by atoms with Crippen molar-refractivity contribution in [2.75, 3.05) is 25.5 Å². The van der Waals surface area contributed by atoms with Crippen LogP contribution in [0.2, 0.25) is 0 Å². The first-order valence-electron chi connectivity index (χ1n) is 7.45. The van der Waals surface area contributed by atoms with E-state index in [1.54, 1.807) is 18.2 Å². The van der Waals surface area contributed by atoms with Gasteiger partial charge in [0.15, 0.2) is 0 Å². The van der Waals surface area contributed by atoms with Crippen molar-refractivity contribution in [3.63, 3.8) is 0 Å². The third-order valence-electron chi connectivity index (χ3n) is 3.95. The summed E-state index contributed by atoms with van der Waals surface area (Å²) in [5, 5.41) is 9.78. The van der Waals surface area contributed by atoms with E-state index in [0.717, 1.165) is 36.3 Å². The molecule has 0 bridgehead atoms. The predicted octanol–water partition coefficient (Wildman–Crippen LogP) is 2.72. The number of likely N-dealkylation sites (tertiary alicyclic amines) is 1. The second-order valence-electron chi connectivity index (χ2n) is 5.42. The summed E-state index contributed by atoms with van der Waals surface area (Å²) in [5.74, 6) is 0. The van der Waals surface area contributed by atoms with Crippen LogP contribution < -0.4 is 5.32 Å². The minimum absolute atomic E-state index is 0.0731. The van der Waals surface area contributed by atoms with Gasteiger partial charge >= 0.3 is 6.03 Å². The van der Waals surface area contributed by atoms with Gasteiger partial charge in [0.25, 0.3) is 0 Å². The van der Waals surface area contributed by atoms with Crippen LogP contribution in [0.3, 0.4) is 0 Å². The van der Waals surface area contributed by atoms with Crippen molar-refractivity contribution in [1.82, 2.24) is 15.1 Å². The number of carbonyl (C=O) groups excluding carboxylic acids is 1. The van der Waals surface area contributed by atoms with E-state index in [-0.39, 0.29) is 12.1 Å². The molecular formula is C16H20N4O2. The standard InChI is InChI=1S/C16H20N4O2/c1-22-14-3-2-10-20(11-14)16(21)18-13-6-4-12(5-7-13)15-8-9-17-19-15/h4-9,14H,2-3,10-11H2,1H3,(H,17,19)(H,18,21). The molecule has 1 aliphatic rings. The molecule has 0 aliphatic carbocycles. The van der Waals surface area contributed by atoms with Crippen LogP contribution in [0.4, 0.5) is 10.5 Å². The molecule has 1 unspecified atom stereocenters. The number of hydrogen-bond donors (Lipinski definition) is 2. The summed E-state index contributed by atoms with van der Waals surface area (Å²) in [6, 6.07) is 9.54. The van der Waals surface area contributed by atoms with Gasteiger partial charge in [0.05, 0.1) is 11.8 Å².